The number of aliphatic hydroxyl groups is 2. The van der Waals surface area contributed by atoms with Crippen molar-refractivity contribution in [3.05, 3.63) is 0 Å². The summed E-state index contributed by atoms with van der Waals surface area (Å²) in [7, 11) is 0. The van der Waals surface area contributed by atoms with E-state index in [0.717, 1.165) is 0 Å². The molecule has 76 valence electrons. The summed E-state index contributed by atoms with van der Waals surface area (Å²) in [6.45, 7) is 4.24. The van der Waals surface area contributed by atoms with Crippen molar-refractivity contribution in [2.24, 2.45) is 0 Å². The first-order chi connectivity index (χ1) is 5.88. The summed E-state index contributed by atoms with van der Waals surface area (Å²) in [5.74, 6) is -0.0796. The zero-order valence-corrected chi connectivity index (χ0v) is 8.16. The zero-order chi connectivity index (χ0) is 10.1. The van der Waals surface area contributed by atoms with Crippen molar-refractivity contribution in [3.63, 3.8) is 0 Å². The van der Waals surface area contributed by atoms with E-state index in [1.165, 1.54) is 0 Å². The molecule has 0 saturated carbocycles. The minimum atomic E-state index is -0.954. The molecule has 0 aromatic carbocycles. The van der Waals surface area contributed by atoms with Gasteiger partial charge in [-0.3, -0.25) is 4.79 Å². The van der Waals surface area contributed by atoms with Crippen LogP contribution < -0.4 is 0 Å². The largest absolute Gasteiger partial charge is 0.391 e. The lowest BCUT2D eigenvalue weighted by Gasteiger charge is -2.21. The molecule has 2 N–H and O–H groups in total. The molecule has 1 heterocycles. The maximum absolute atomic E-state index is 11.5. The van der Waals surface area contributed by atoms with Crippen molar-refractivity contribution < 1.29 is 15.0 Å². The SMILES string of the molecule is CC(C)(O)CC(=O)N1CC[C@@H](O)C1. The van der Waals surface area contributed by atoms with E-state index in [4.69, 9.17) is 0 Å². The average Bonchev–Trinajstić information content (AvgIpc) is 2.31. The predicted molar refractivity (Wildman–Crippen MR) is 48.1 cm³/mol. The van der Waals surface area contributed by atoms with Gasteiger partial charge in [0.2, 0.25) is 5.91 Å². The Labute approximate surface area is 78.2 Å². The molecule has 0 unspecified atom stereocenters. The standard InChI is InChI=1S/C9H17NO3/c1-9(2,13)5-8(12)10-4-3-7(11)6-10/h7,11,13H,3-6H2,1-2H3/t7-/m1/s1. The van der Waals surface area contributed by atoms with Crippen molar-refractivity contribution in [1.82, 2.24) is 4.90 Å². The molecular formula is C9H17NO3. The first-order valence-electron chi connectivity index (χ1n) is 4.57. The fraction of sp³-hybridized carbons (Fsp3) is 0.889. The van der Waals surface area contributed by atoms with E-state index in [0.29, 0.717) is 19.5 Å². The number of hydrogen-bond donors (Lipinski definition) is 2. The highest BCUT2D eigenvalue weighted by molar-refractivity contribution is 5.77. The third-order valence-electron chi connectivity index (χ3n) is 2.10. The number of likely N-dealkylation sites (tertiary alicyclic amines) is 1. The molecule has 1 aliphatic rings. The molecule has 1 atom stereocenters. The van der Waals surface area contributed by atoms with E-state index in [-0.39, 0.29) is 18.4 Å². The molecule has 1 rings (SSSR count). The molecule has 0 aromatic rings. The van der Waals surface area contributed by atoms with E-state index in [9.17, 15) is 15.0 Å². The van der Waals surface area contributed by atoms with E-state index in [1.807, 2.05) is 0 Å². The number of rotatable bonds is 2. The second kappa shape index (κ2) is 3.64. The van der Waals surface area contributed by atoms with Crippen LogP contribution in [-0.4, -0.2) is 45.8 Å². The molecule has 0 radical (unpaired) electrons. The van der Waals surface area contributed by atoms with Gasteiger partial charge in [0.15, 0.2) is 0 Å². The quantitative estimate of drug-likeness (QED) is 0.626. The number of β-amino-alcohol motifs (C(OH)–C–C–N with tert-alkyl or cyclic N) is 1. The highest BCUT2D eigenvalue weighted by atomic mass is 16.3. The molecule has 0 aromatic heterocycles. The molecule has 0 aliphatic carbocycles. The molecule has 4 nitrogen and oxygen atoms in total. The second-order valence-corrected chi connectivity index (χ2v) is 4.27. The zero-order valence-electron chi connectivity index (χ0n) is 8.16. The number of aliphatic hydroxyl groups excluding tert-OH is 1. The van der Waals surface area contributed by atoms with Crippen molar-refractivity contribution in [3.8, 4) is 0 Å². The van der Waals surface area contributed by atoms with E-state index in [2.05, 4.69) is 0 Å². The highest BCUT2D eigenvalue weighted by Gasteiger charge is 2.27. The lowest BCUT2D eigenvalue weighted by molar-refractivity contribution is -0.134. The van der Waals surface area contributed by atoms with Crippen LogP contribution in [0.15, 0.2) is 0 Å². The molecular weight excluding hydrogens is 170 g/mol. The Balaban J connectivity index is 2.41. The number of hydrogen-bond acceptors (Lipinski definition) is 3. The molecule has 13 heavy (non-hydrogen) atoms. The molecule has 1 aliphatic heterocycles. The molecule has 1 saturated heterocycles. The molecule has 1 amide bonds. The van der Waals surface area contributed by atoms with Crippen LogP contribution in [0.1, 0.15) is 26.7 Å². The van der Waals surface area contributed by atoms with Crippen LogP contribution in [0, 0.1) is 0 Å². The van der Waals surface area contributed by atoms with Gasteiger partial charge in [0.1, 0.15) is 0 Å². The molecule has 1 fully saturated rings. The topological polar surface area (TPSA) is 60.8 Å². The van der Waals surface area contributed by atoms with Crippen LogP contribution in [0.2, 0.25) is 0 Å². The van der Waals surface area contributed by atoms with Gasteiger partial charge in [-0.25, -0.2) is 0 Å². The Morgan fingerprint density at radius 3 is 2.62 bits per heavy atom. The van der Waals surface area contributed by atoms with Gasteiger partial charge < -0.3 is 15.1 Å². The van der Waals surface area contributed by atoms with Gasteiger partial charge in [-0.05, 0) is 20.3 Å². The van der Waals surface area contributed by atoms with Crippen LogP contribution >= 0.6 is 0 Å². The third kappa shape index (κ3) is 3.32. The van der Waals surface area contributed by atoms with Gasteiger partial charge in [0.25, 0.3) is 0 Å². The van der Waals surface area contributed by atoms with E-state index < -0.39 is 5.60 Å². The van der Waals surface area contributed by atoms with E-state index in [1.54, 1.807) is 18.7 Å². The van der Waals surface area contributed by atoms with Gasteiger partial charge >= 0.3 is 0 Å². The van der Waals surface area contributed by atoms with Gasteiger partial charge in [-0.2, -0.15) is 0 Å². The first-order valence-corrected chi connectivity index (χ1v) is 4.57. The third-order valence-corrected chi connectivity index (χ3v) is 2.10. The Kier molecular flexibility index (Phi) is 2.93. The first kappa shape index (κ1) is 10.5. The van der Waals surface area contributed by atoms with Crippen LogP contribution in [0.4, 0.5) is 0 Å². The normalized spacial score (nSPS) is 23.7. The summed E-state index contributed by atoms with van der Waals surface area (Å²) >= 11 is 0. The fourth-order valence-corrected chi connectivity index (χ4v) is 1.45. The van der Waals surface area contributed by atoms with Crippen LogP contribution in [0.5, 0.6) is 0 Å². The Hall–Kier alpha value is -0.610. The van der Waals surface area contributed by atoms with Crippen LogP contribution in [0.25, 0.3) is 0 Å². The summed E-state index contributed by atoms with van der Waals surface area (Å²) < 4.78 is 0. The van der Waals surface area contributed by atoms with Gasteiger partial charge in [0, 0.05) is 13.1 Å². The minimum absolute atomic E-state index is 0.0796. The smallest absolute Gasteiger partial charge is 0.225 e. The summed E-state index contributed by atoms with van der Waals surface area (Å²) in [5, 5.41) is 18.6. The Morgan fingerprint density at radius 1 is 1.62 bits per heavy atom. The van der Waals surface area contributed by atoms with Crippen molar-refractivity contribution >= 4 is 5.91 Å². The lowest BCUT2D eigenvalue weighted by atomic mass is 10.1. The maximum Gasteiger partial charge on any atom is 0.225 e. The number of amides is 1. The van der Waals surface area contributed by atoms with Crippen molar-refractivity contribution in [1.29, 1.82) is 0 Å². The monoisotopic (exact) mass is 187 g/mol. The maximum atomic E-state index is 11.5. The lowest BCUT2D eigenvalue weighted by Crippen LogP contribution is -2.35. The summed E-state index contributed by atoms with van der Waals surface area (Å²) in [5.41, 5.74) is -0.954. The molecule has 0 bridgehead atoms. The number of nitrogens with zero attached hydrogens (tertiary/aromatic N) is 1. The molecule has 4 heteroatoms. The van der Waals surface area contributed by atoms with Gasteiger partial charge in [-0.1, -0.05) is 0 Å². The summed E-state index contributed by atoms with van der Waals surface area (Å²) in [6.07, 6.45) is 0.392. The highest BCUT2D eigenvalue weighted by Crippen LogP contribution is 2.14. The van der Waals surface area contributed by atoms with Crippen LogP contribution in [-0.2, 0) is 4.79 Å². The fourth-order valence-electron chi connectivity index (χ4n) is 1.45. The second-order valence-electron chi connectivity index (χ2n) is 4.27. The average molecular weight is 187 g/mol. The van der Waals surface area contributed by atoms with Crippen LogP contribution in [0.3, 0.4) is 0 Å². The predicted octanol–water partition coefficient (Wildman–Crippen LogP) is -0.259. The number of carbonyl (C=O) groups excluding carboxylic acids is 1. The van der Waals surface area contributed by atoms with Crippen molar-refractivity contribution in [2.75, 3.05) is 13.1 Å². The van der Waals surface area contributed by atoms with Gasteiger partial charge in [0.05, 0.1) is 18.1 Å². The summed E-state index contributed by atoms with van der Waals surface area (Å²) in [6, 6.07) is 0. The van der Waals surface area contributed by atoms with E-state index >= 15 is 0 Å². The number of carbonyl (C=O) groups is 1. The Bertz CT molecular complexity index is 198. The van der Waals surface area contributed by atoms with Crippen molar-refractivity contribution in [2.45, 2.75) is 38.4 Å². The Morgan fingerprint density at radius 2 is 2.23 bits per heavy atom. The van der Waals surface area contributed by atoms with Gasteiger partial charge in [-0.15, -0.1) is 0 Å². The summed E-state index contributed by atoms with van der Waals surface area (Å²) in [4.78, 5) is 13.1. The minimum Gasteiger partial charge on any atom is -0.391 e. The molecule has 0 spiro atoms.